The summed E-state index contributed by atoms with van der Waals surface area (Å²) in [5.41, 5.74) is 1.63. The number of carbonyl (C=O) groups excluding carboxylic acids is 1. The maximum absolute atomic E-state index is 14.0. The Morgan fingerprint density at radius 3 is 2.67 bits per heavy atom. The van der Waals surface area contributed by atoms with Gasteiger partial charge in [-0.1, -0.05) is 52.7 Å². The molecule has 5 aromatic rings. The molecule has 12 nitrogen and oxygen atoms in total. The topological polar surface area (TPSA) is 155 Å². The number of nitrogens with zero attached hydrogens (tertiary/aromatic N) is 5. The minimum atomic E-state index is -0.846. The van der Waals surface area contributed by atoms with Crippen molar-refractivity contribution in [1.82, 2.24) is 19.7 Å². The molecule has 0 aliphatic carbocycles. The highest BCUT2D eigenvalue weighted by Gasteiger charge is 2.34. The molecule has 1 atom stereocenters. The van der Waals surface area contributed by atoms with E-state index >= 15 is 0 Å². The molecule has 2 aromatic heterocycles. The van der Waals surface area contributed by atoms with Gasteiger partial charge in [0.1, 0.15) is 5.75 Å². The van der Waals surface area contributed by atoms with Gasteiger partial charge in [-0.25, -0.2) is 14.8 Å². The van der Waals surface area contributed by atoms with E-state index in [1.807, 2.05) is 0 Å². The summed E-state index contributed by atoms with van der Waals surface area (Å²) in [5.74, 6) is 0.338. The van der Waals surface area contributed by atoms with Gasteiger partial charge in [-0.3, -0.25) is 24.6 Å². The first-order chi connectivity index (χ1) is 23.4. The largest absolute Gasteiger partial charge is 0.497 e. The van der Waals surface area contributed by atoms with Crippen molar-refractivity contribution < 1.29 is 19.2 Å². The third-order valence-corrected chi connectivity index (χ3v) is 9.78. The SMILES string of the molecule is COc1cccc([C@@H]2C(C(=O)OC(C)C)=C(C)N=c3s/c(=C\c4ccc(Sc5n[nH]c(-c6ccc(Cl)cc6Cl)n5)c([N+](=O)[O-])c4)c(=O)n32)c1. The number of nitro benzene ring substituents is 1. The van der Waals surface area contributed by atoms with Crippen molar-refractivity contribution in [1.29, 1.82) is 0 Å². The number of aromatic nitrogens is 4. The number of carbonyl (C=O) groups is 1. The average Bonchev–Trinajstić information content (AvgIpc) is 3.64. The normalized spacial score (nSPS) is 14.5. The van der Waals surface area contributed by atoms with Gasteiger partial charge < -0.3 is 9.47 Å². The summed E-state index contributed by atoms with van der Waals surface area (Å²) in [6.07, 6.45) is 1.17. The van der Waals surface area contributed by atoms with E-state index in [1.54, 1.807) is 81.4 Å². The van der Waals surface area contributed by atoms with Gasteiger partial charge in [0.25, 0.3) is 11.2 Å². The van der Waals surface area contributed by atoms with Gasteiger partial charge in [0.05, 0.1) is 49.9 Å². The number of ether oxygens (including phenoxy) is 2. The highest BCUT2D eigenvalue weighted by molar-refractivity contribution is 7.99. The Bertz CT molecular complexity index is 2350. The lowest BCUT2D eigenvalue weighted by Crippen LogP contribution is -2.40. The van der Waals surface area contributed by atoms with E-state index in [4.69, 9.17) is 32.7 Å². The molecule has 0 amide bonds. The average molecular weight is 738 g/mol. The van der Waals surface area contributed by atoms with E-state index in [1.165, 1.54) is 17.7 Å². The predicted molar refractivity (Wildman–Crippen MR) is 187 cm³/mol. The second-order valence-corrected chi connectivity index (χ2v) is 13.9. The zero-order valence-corrected chi connectivity index (χ0v) is 29.4. The van der Waals surface area contributed by atoms with Gasteiger partial charge in [0.2, 0.25) is 5.16 Å². The van der Waals surface area contributed by atoms with E-state index < -0.39 is 28.6 Å². The Balaban J connectivity index is 1.38. The Morgan fingerprint density at radius 1 is 1.16 bits per heavy atom. The number of H-pyrrole nitrogens is 1. The monoisotopic (exact) mass is 736 g/mol. The number of rotatable bonds is 9. The van der Waals surface area contributed by atoms with Crippen LogP contribution in [-0.2, 0) is 9.53 Å². The Hall–Kier alpha value is -4.76. The molecule has 0 bridgehead atoms. The minimum Gasteiger partial charge on any atom is -0.497 e. The van der Waals surface area contributed by atoms with Crippen molar-refractivity contribution in [3.8, 4) is 17.1 Å². The lowest BCUT2D eigenvalue weighted by Gasteiger charge is -2.25. The summed E-state index contributed by atoms with van der Waals surface area (Å²) in [4.78, 5) is 48.8. The van der Waals surface area contributed by atoms with Crippen LogP contribution in [0.15, 0.2) is 91.8 Å². The second kappa shape index (κ2) is 14.0. The molecule has 1 aliphatic heterocycles. The Kier molecular flexibility index (Phi) is 9.75. The van der Waals surface area contributed by atoms with Crippen LogP contribution in [0.4, 0.5) is 5.69 Å². The highest BCUT2D eigenvalue weighted by Crippen LogP contribution is 2.36. The predicted octanol–water partition coefficient (Wildman–Crippen LogP) is 6.35. The lowest BCUT2D eigenvalue weighted by molar-refractivity contribution is -0.387. The molecule has 0 saturated heterocycles. The number of nitrogens with one attached hydrogen (secondary N) is 1. The standard InChI is InChI=1S/C33H26Cl2N6O6S2/c1-16(2)47-31(43)27-17(3)36-33-40(28(27)19-6-5-7-21(14-19)46-4)30(42)26(49-33)13-18-8-11-25(24(12-18)41(44)45)48-32-37-29(38-39-32)22-10-9-20(34)15-23(22)35/h5-16,28H,1-4H3,(H,37,38,39)/b26-13-/t28-/m1/s1. The smallest absolute Gasteiger partial charge is 0.338 e. The van der Waals surface area contributed by atoms with Crippen molar-refractivity contribution in [3.05, 3.63) is 123 Å². The molecule has 3 aromatic carbocycles. The fourth-order valence-electron chi connectivity index (χ4n) is 5.18. The molecule has 49 heavy (non-hydrogen) atoms. The van der Waals surface area contributed by atoms with Gasteiger partial charge in [-0.2, -0.15) is 0 Å². The van der Waals surface area contributed by atoms with Gasteiger partial charge >= 0.3 is 5.97 Å². The van der Waals surface area contributed by atoms with Crippen LogP contribution in [-0.4, -0.2) is 43.9 Å². The summed E-state index contributed by atoms with van der Waals surface area (Å²) in [5, 5.41) is 20.2. The molecule has 0 radical (unpaired) electrons. The minimum absolute atomic E-state index is 0.203. The number of esters is 1. The zero-order valence-electron chi connectivity index (χ0n) is 26.3. The van der Waals surface area contributed by atoms with Crippen molar-refractivity contribution in [2.24, 2.45) is 4.99 Å². The summed E-state index contributed by atoms with van der Waals surface area (Å²) in [6, 6.07) is 15.8. The molecule has 6 rings (SSSR count). The number of halogens is 2. The van der Waals surface area contributed by atoms with Crippen molar-refractivity contribution in [2.75, 3.05) is 7.11 Å². The summed E-state index contributed by atoms with van der Waals surface area (Å²) < 4.78 is 12.7. The number of hydrogen-bond acceptors (Lipinski definition) is 11. The number of methoxy groups -OCH3 is 1. The number of fused-ring (bicyclic) bond motifs is 1. The maximum Gasteiger partial charge on any atom is 0.338 e. The maximum atomic E-state index is 14.0. The first kappa shape index (κ1) is 34.1. The molecule has 0 fully saturated rings. The van der Waals surface area contributed by atoms with Gasteiger partial charge in [-0.05, 0) is 86.1 Å². The lowest BCUT2D eigenvalue weighted by atomic mass is 9.95. The van der Waals surface area contributed by atoms with E-state index in [-0.39, 0.29) is 20.9 Å². The van der Waals surface area contributed by atoms with Crippen LogP contribution in [0.25, 0.3) is 17.5 Å². The van der Waals surface area contributed by atoms with E-state index in [0.29, 0.717) is 53.7 Å². The summed E-state index contributed by atoms with van der Waals surface area (Å²) in [7, 11) is 1.53. The van der Waals surface area contributed by atoms with Crippen LogP contribution in [0.5, 0.6) is 5.75 Å². The molecule has 0 spiro atoms. The van der Waals surface area contributed by atoms with Crippen LogP contribution in [0.3, 0.4) is 0 Å². The first-order valence-electron chi connectivity index (χ1n) is 14.6. The summed E-state index contributed by atoms with van der Waals surface area (Å²) >= 11 is 14.4. The van der Waals surface area contributed by atoms with E-state index in [2.05, 4.69) is 20.2 Å². The number of thiazole rings is 1. The number of aromatic amines is 1. The van der Waals surface area contributed by atoms with E-state index in [0.717, 1.165) is 23.1 Å². The molecule has 1 N–H and O–H groups in total. The van der Waals surface area contributed by atoms with Gasteiger partial charge in [0, 0.05) is 16.7 Å². The molecular formula is C33H26Cl2N6O6S2. The number of benzene rings is 3. The van der Waals surface area contributed by atoms with Crippen LogP contribution in [0, 0.1) is 10.1 Å². The van der Waals surface area contributed by atoms with Crippen LogP contribution in [0.2, 0.25) is 10.0 Å². The zero-order chi connectivity index (χ0) is 35.0. The number of allylic oxidation sites excluding steroid dienone is 1. The fourth-order valence-corrected chi connectivity index (χ4v) is 7.53. The molecule has 16 heteroatoms. The fraction of sp³-hybridized carbons (Fsp3) is 0.182. The van der Waals surface area contributed by atoms with Crippen LogP contribution < -0.4 is 19.6 Å². The van der Waals surface area contributed by atoms with Crippen LogP contribution in [0.1, 0.15) is 37.9 Å². The first-order valence-corrected chi connectivity index (χ1v) is 17.0. The van der Waals surface area contributed by atoms with E-state index in [9.17, 15) is 19.7 Å². The molecular weight excluding hydrogens is 711 g/mol. The van der Waals surface area contributed by atoms with Crippen molar-refractivity contribution >= 4 is 64.0 Å². The highest BCUT2D eigenvalue weighted by atomic mass is 35.5. The third-order valence-electron chi connectivity index (χ3n) is 7.32. The quantitative estimate of drug-likeness (QED) is 0.104. The van der Waals surface area contributed by atoms with Gasteiger partial charge in [-0.15, -0.1) is 5.10 Å². The number of hydrogen-bond donors (Lipinski definition) is 1. The van der Waals surface area contributed by atoms with Gasteiger partial charge in [0.15, 0.2) is 10.6 Å². The van der Waals surface area contributed by atoms with Crippen molar-refractivity contribution in [2.45, 2.75) is 43.0 Å². The summed E-state index contributed by atoms with van der Waals surface area (Å²) in [6.45, 7) is 5.18. The number of nitro groups is 1. The van der Waals surface area contributed by atoms with Crippen molar-refractivity contribution in [3.63, 3.8) is 0 Å². The third kappa shape index (κ3) is 7.04. The molecule has 1 aliphatic rings. The molecule has 0 saturated carbocycles. The Morgan fingerprint density at radius 2 is 1.96 bits per heavy atom. The molecule has 0 unspecified atom stereocenters. The van der Waals surface area contributed by atoms with Crippen LogP contribution >= 0.6 is 46.3 Å². The second-order valence-electron chi connectivity index (χ2n) is 11.0. The molecule has 3 heterocycles. The Labute approximate surface area is 296 Å². The molecule has 250 valence electrons.